The number of hydrogen-bond donors (Lipinski definition) is 1. The summed E-state index contributed by atoms with van der Waals surface area (Å²) >= 11 is 4.78. The molecule has 1 aromatic heterocycles. The molecule has 1 aliphatic heterocycles. The molecule has 134 valence electrons. The molecule has 0 spiro atoms. The lowest BCUT2D eigenvalue weighted by Gasteiger charge is -2.30. The van der Waals surface area contributed by atoms with Crippen LogP contribution in [0.5, 0.6) is 5.75 Å². The number of aromatic hydroxyl groups is 1. The van der Waals surface area contributed by atoms with Crippen molar-refractivity contribution in [3.05, 3.63) is 22.7 Å². The highest BCUT2D eigenvalue weighted by molar-refractivity contribution is 9.10. The number of thioether (sulfide) groups is 1. The Balaban J connectivity index is 1.67. The van der Waals surface area contributed by atoms with Crippen LogP contribution in [-0.4, -0.2) is 49.5 Å². The summed E-state index contributed by atoms with van der Waals surface area (Å²) in [5, 5.41) is 19.1. The number of phenols is 1. The number of carbonyl (C=O) groups excluding carboxylic acids is 1. The molecule has 1 N–H and O–H groups in total. The van der Waals surface area contributed by atoms with Gasteiger partial charge in [0.2, 0.25) is 5.91 Å². The van der Waals surface area contributed by atoms with Gasteiger partial charge in [0, 0.05) is 24.6 Å². The van der Waals surface area contributed by atoms with Crippen LogP contribution in [0, 0.1) is 5.92 Å². The lowest BCUT2D eigenvalue weighted by atomic mass is 9.99. The second-order valence-electron chi connectivity index (χ2n) is 6.38. The van der Waals surface area contributed by atoms with Crippen LogP contribution < -0.4 is 0 Å². The van der Waals surface area contributed by atoms with Crippen LogP contribution in [0.4, 0.5) is 0 Å². The number of benzene rings is 1. The Kier molecular flexibility index (Phi) is 5.68. The van der Waals surface area contributed by atoms with Gasteiger partial charge < -0.3 is 14.6 Å². The largest absolute Gasteiger partial charge is 0.507 e. The molecule has 1 amide bonds. The highest BCUT2D eigenvalue weighted by atomic mass is 79.9. The van der Waals surface area contributed by atoms with Crippen LogP contribution in [-0.2, 0) is 11.8 Å². The highest BCUT2D eigenvalue weighted by Crippen LogP contribution is 2.32. The fourth-order valence-electron chi connectivity index (χ4n) is 2.84. The molecule has 1 saturated heterocycles. The number of amides is 1. The summed E-state index contributed by atoms with van der Waals surface area (Å²) in [5.41, 5.74) is 0.604. The molecule has 0 bridgehead atoms. The molecule has 3 rings (SSSR count). The van der Waals surface area contributed by atoms with Crippen LogP contribution >= 0.6 is 27.7 Å². The number of nitrogens with zero attached hydrogens (tertiary/aromatic N) is 4. The first-order valence-electron chi connectivity index (χ1n) is 8.24. The summed E-state index contributed by atoms with van der Waals surface area (Å²) in [6.45, 7) is 3.92. The van der Waals surface area contributed by atoms with Crippen LogP contribution in [0.1, 0.15) is 19.8 Å². The van der Waals surface area contributed by atoms with Gasteiger partial charge in [0.15, 0.2) is 11.0 Å². The number of halogens is 1. The van der Waals surface area contributed by atoms with Gasteiger partial charge in [-0.1, -0.05) is 34.6 Å². The molecule has 1 aromatic carbocycles. The van der Waals surface area contributed by atoms with E-state index < -0.39 is 0 Å². The topological polar surface area (TPSA) is 71.2 Å². The average molecular weight is 425 g/mol. The Hall–Kier alpha value is -1.54. The maximum atomic E-state index is 12.4. The standard InChI is InChI=1S/C17H21BrN4O2S/c1-11-5-7-22(8-6-11)15(24)10-25-17-20-19-16(21(17)2)13-9-12(18)3-4-14(13)23/h3-4,9,11,23H,5-8,10H2,1-2H3. The summed E-state index contributed by atoms with van der Waals surface area (Å²) in [5.74, 6) is 1.92. The Morgan fingerprint density at radius 1 is 1.36 bits per heavy atom. The number of rotatable bonds is 4. The molecule has 1 aliphatic rings. The molecule has 2 heterocycles. The third kappa shape index (κ3) is 4.17. The Bertz CT molecular complexity index is 772. The highest BCUT2D eigenvalue weighted by Gasteiger charge is 2.21. The van der Waals surface area contributed by atoms with Crippen molar-refractivity contribution >= 4 is 33.6 Å². The van der Waals surface area contributed by atoms with Crippen LogP contribution in [0.3, 0.4) is 0 Å². The van der Waals surface area contributed by atoms with Crippen molar-refractivity contribution in [1.82, 2.24) is 19.7 Å². The fourth-order valence-corrected chi connectivity index (χ4v) is 4.01. The van der Waals surface area contributed by atoms with E-state index in [0.29, 0.717) is 28.2 Å². The molecule has 6 nitrogen and oxygen atoms in total. The molecule has 0 atom stereocenters. The molecule has 25 heavy (non-hydrogen) atoms. The normalized spacial score (nSPS) is 15.6. The van der Waals surface area contributed by atoms with E-state index in [1.807, 2.05) is 11.9 Å². The smallest absolute Gasteiger partial charge is 0.233 e. The fraction of sp³-hybridized carbons (Fsp3) is 0.471. The third-order valence-corrected chi connectivity index (χ3v) is 5.99. The van der Waals surface area contributed by atoms with Gasteiger partial charge in [0.1, 0.15) is 5.75 Å². The first kappa shape index (κ1) is 18.3. The zero-order chi connectivity index (χ0) is 18.0. The number of likely N-dealkylation sites (tertiary alicyclic amines) is 1. The van der Waals surface area contributed by atoms with Crippen molar-refractivity contribution in [3.63, 3.8) is 0 Å². The molecule has 1 fully saturated rings. The maximum absolute atomic E-state index is 12.4. The van der Waals surface area contributed by atoms with Crippen molar-refractivity contribution in [2.45, 2.75) is 24.9 Å². The van der Waals surface area contributed by atoms with E-state index in [9.17, 15) is 9.90 Å². The van der Waals surface area contributed by atoms with Gasteiger partial charge in [-0.2, -0.15) is 0 Å². The van der Waals surface area contributed by atoms with Gasteiger partial charge in [-0.15, -0.1) is 10.2 Å². The van der Waals surface area contributed by atoms with E-state index in [2.05, 4.69) is 33.1 Å². The van der Waals surface area contributed by atoms with E-state index in [1.165, 1.54) is 11.8 Å². The number of hydrogen-bond acceptors (Lipinski definition) is 5. The summed E-state index contributed by atoms with van der Waals surface area (Å²) in [6.07, 6.45) is 2.15. The van der Waals surface area contributed by atoms with Gasteiger partial charge >= 0.3 is 0 Å². The molecule has 8 heteroatoms. The number of phenolic OH excluding ortho intramolecular Hbond substituents is 1. The Labute approximate surface area is 159 Å². The van der Waals surface area contributed by atoms with Crippen molar-refractivity contribution in [1.29, 1.82) is 0 Å². The average Bonchev–Trinajstić information content (AvgIpc) is 2.96. The maximum Gasteiger partial charge on any atom is 0.233 e. The summed E-state index contributed by atoms with van der Waals surface area (Å²) in [6, 6.07) is 5.18. The van der Waals surface area contributed by atoms with Gasteiger partial charge in [0.25, 0.3) is 0 Å². The van der Waals surface area contributed by atoms with Crippen molar-refractivity contribution in [2.24, 2.45) is 13.0 Å². The molecule has 0 unspecified atom stereocenters. The van der Waals surface area contributed by atoms with E-state index >= 15 is 0 Å². The van der Waals surface area contributed by atoms with Crippen LogP contribution in [0.25, 0.3) is 11.4 Å². The zero-order valence-electron chi connectivity index (χ0n) is 14.3. The number of aromatic nitrogens is 3. The molecule has 2 aromatic rings. The third-order valence-electron chi connectivity index (χ3n) is 4.50. The predicted octanol–water partition coefficient (Wildman–Crippen LogP) is 3.30. The summed E-state index contributed by atoms with van der Waals surface area (Å²) < 4.78 is 2.66. The Morgan fingerprint density at radius 2 is 2.08 bits per heavy atom. The quantitative estimate of drug-likeness (QED) is 0.762. The molecule has 0 radical (unpaired) electrons. The Morgan fingerprint density at radius 3 is 2.80 bits per heavy atom. The second kappa shape index (κ2) is 7.78. The van der Waals surface area contributed by atoms with Gasteiger partial charge in [-0.25, -0.2) is 0 Å². The lowest BCUT2D eigenvalue weighted by Crippen LogP contribution is -2.38. The van der Waals surface area contributed by atoms with Gasteiger partial charge in [-0.05, 0) is 37.0 Å². The lowest BCUT2D eigenvalue weighted by molar-refractivity contribution is -0.129. The van der Waals surface area contributed by atoms with Gasteiger partial charge in [0.05, 0.1) is 11.3 Å². The SMILES string of the molecule is CC1CCN(C(=O)CSc2nnc(-c3cc(Br)ccc3O)n2C)CC1. The minimum Gasteiger partial charge on any atom is -0.507 e. The molecule has 0 saturated carbocycles. The summed E-state index contributed by atoms with van der Waals surface area (Å²) in [7, 11) is 1.84. The second-order valence-corrected chi connectivity index (χ2v) is 8.24. The monoisotopic (exact) mass is 424 g/mol. The minimum absolute atomic E-state index is 0.145. The molecule has 0 aliphatic carbocycles. The van der Waals surface area contributed by atoms with Crippen LogP contribution in [0.15, 0.2) is 27.8 Å². The molecular weight excluding hydrogens is 404 g/mol. The van der Waals surface area contributed by atoms with Crippen LogP contribution in [0.2, 0.25) is 0 Å². The zero-order valence-corrected chi connectivity index (χ0v) is 16.7. The van der Waals surface area contributed by atoms with Crippen molar-refractivity contribution in [2.75, 3.05) is 18.8 Å². The van der Waals surface area contributed by atoms with E-state index in [-0.39, 0.29) is 11.7 Å². The van der Waals surface area contributed by atoms with E-state index in [1.54, 1.807) is 22.8 Å². The molecular formula is C17H21BrN4O2S. The number of piperidine rings is 1. The predicted molar refractivity (Wildman–Crippen MR) is 102 cm³/mol. The van der Waals surface area contributed by atoms with E-state index in [4.69, 9.17) is 0 Å². The summed E-state index contributed by atoms with van der Waals surface area (Å²) in [4.78, 5) is 14.3. The van der Waals surface area contributed by atoms with Crippen molar-refractivity contribution in [3.8, 4) is 17.1 Å². The minimum atomic E-state index is 0.145. The first-order valence-corrected chi connectivity index (χ1v) is 10.0. The number of carbonyl (C=O) groups is 1. The van der Waals surface area contributed by atoms with Gasteiger partial charge in [-0.3, -0.25) is 4.79 Å². The van der Waals surface area contributed by atoms with Crippen molar-refractivity contribution < 1.29 is 9.90 Å². The van der Waals surface area contributed by atoms with E-state index in [0.717, 1.165) is 30.4 Å². The first-order chi connectivity index (χ1) is 12.0.